The molecule has 0 saturated heterocycles. The van der Waals surface area contributed by atoms with Gasteiger partial charge >= 0.3 is 5.97 Å². The van der Waals surface area contributed by atoms with Gasteiger partial charge in [-0.15, -0.1) is 0 Å². The van der Waals surface area contributed by atoms with Crippen LogP contribution in [0.5, 0.6) is 0 Å². The Kier molecular flexibility index (Phi) is 4.07. The van der Waals surface area contributed by atoms with Gasteiger partial charge in [-0.1, -0.05) is 41.4 Å². The lowest BCUT2D eigenvalue weighted by molar-refractivity contribution is 0.0473. The minimum Gasteiger partial charge on any atom is -0.457 e. The Labute approximate surface area is 117 Å². The van der Waals surface area contributed by atoms with Gasteiger partial charge in [0, 0.05) is 0 Å². The number of esters is 1. The second kappa shape index (κ2) is 5.76. The SMILES string of the molecule is Cc1ccc(COC(=O)c2ccc(Cl)c(N)c2)cc1. The highest BCUT2D eigenvalue weighted by Crippen LogP contribution is 2.20. The lowest BCUT2D eigenvalue weighted by Crippen LogP contribution is -2.06. The topological polar surface area (TPSA) is 52.3 Å². The summed E-state index contributed by atoms with van der Waals surface area (Å²) in [6, 6.07) is 12.5. The van der Waals surface area contributed by atoms with Gasteiger partial charge in [-0.2, -0.15) is 0 Å². The normalized spacial score (nSPS) is 10.2. The fourth-order valence-corrected chi connectivity index (χ4v) is 1.70. The van der Waals surface area contributed by atoms with Crippen molar-refractivity contribution in [2.45, 2.75) is 13.5 Å². The van der Waals surface area contributed by atoms with E-state index in [1.165, 1.54) is 11.6 Å². The Morgan fingerprint density at radius 2 is 1.89 bits per heavy atom. The molecule has 2 N–H and O–H groups in total. The summed E-state index contributed by atoms with van der Waals surface area (Å²) >= 11 is 5.80. The summed E-state index contributed by atoms with van der Waals surface area (Å²) in [5, 5.41) is 0.426. The molecule has 0 atom stereocenters. The third-order valence-electron chi connectivity index (χ3n) is 2.72. The van der Waals surface area contributed by atoms with Crippen LogP contribution < -0.4 is 5.73 Å². The minimum atomic E-state index is -0.413. The van der Waals surface area contributed by atoms with Crippen LogP contribution in [-0.2, 0) is 11.3 Å². The van der Waals surface area contributed by atoms with E-state index in [9.17, 15) is 4.79 Å². The van der Waals surface area contributed by atoms with E-state index in [-0.39, 0.29) is 6.61 Å². The maximum Gasteiger partial charge on any atom is 0.338 e. The van der Waals surface area contributed by atoms with Crippen molar-refractivity contribution in [3.8, 4) is 0 Å². The molecule has 0 aliphatic heterocycles. The zero-order chi connectivity index (χ0) is 13.8. The lowest BCUT2D eigenvalue weighted by atomic mass is 10.1. The first-order valence-electron chi connectivity index (χ1n) is 5.84. The number of halogens is 1. The first kappa shape index (κ1) is 13.4. The highest BCUT2D eigenvalue weighted by Gasteiger charge is 2.09. The van der Waals surface area contributed by atoms with E-state index in [2.05, 4.69) is 0 Å². The number of hydrogen-bond acceptors (Lipinski definition) is 3. The Balaban J connectivity index is 2.01. The van der Waals surface area contributed by atoms with Crippen LogP contribution in [0.4, 0.5) is 5.69 Å². The standard InChI is InChI=1S/C15H14ClNO2/c1-10-2-4-11(5-3-10)9-19-15(18)12-6-7-13(16)14(17)8-12/h2-8H,9,17H2,1H3. The molecule has 0 amide bonds. The Hall–Kier alpha value is -2.00. The molecule has 2 rings (SSSR count). The van der Waals surface area contributed by atoms with Gasteiger partial charge in [-0.3, -0.25) is 0 Å². The molecule has 0 saturated carbocycles. The number of carbonyl (C=O) groups is 1. The van der Waals surface area contributed by atoms with E-state index < -0.39 is 5.97 Å². The first-order chi connectivity index (χ1) is 9.06. The second-order valence-electron chi connectivity index (χ2n) is 4.30. The summed E-state index contributed by atoms with van der Waals surface area (Å²) in [7, 11) is 0. The molecule has 2 aromatic rings. The fourth-order valence-electron chi connectivity index (χ4n) is 1.59. The molecule has 0 radical (unpaired) electrons. The van der Waals surface area contributed by atoms with E-state index in [0.717, 1.165) is 5.56 Å². The average Bonchev–Trinajstić information content (AvgIpc) is 2.41. The van der Waals surface area contributed by atoms with Crippen LogP contribution in [0.25, 0.3) is 0 Å². The summed E-state index contributed by atoms with van der Waals surface area (Å²) in [6.07, 6.45) is 0. The Bertz CT molecular complexity index is 594. The maximum absolute atomic E-state index is 11.8. The zero-order valence-electron chi connectivity index (χ0n) is 10.5. The van der Waals surface area contributed by atoms with Crippen LogP contribution in [0.1, 0.15) is 21.5 Å². The lowest BCUT2D eigenvalue weighted by Gasteiger charge is -2.06. The van der Waals surface area contributed by atoms with Gasteiger partial charge < -0.3 is 10.5 Å². The molecule has 0 aromatic heterocycles. The number of ether oxygens (including phenoxy) is 1. The zero-order valence-corrected chi connectivity index (χ0v) is 11.3. The van der Waals surface area contributed by atoms with Gasteiger partial charge in [-0.25, -0.2) is 4.79 Å². The van der Waals surface area contributed by atoms with Crippen LogP contribution in [0.3, 0.4) is 0 Å². The predicted octanol–water partition coefficient (Wildman–Crippen LogP) is 3.59. The van der Waals surface area contributed by atoms with Crippen molar-refractivity contribution in [3.63, 3.8) is 0 Å². The molecule has 0 aliphatic rings. The molecule has 0 fully saturated rings. The molecule has 0 unspecified atom stereocenters. The second-order valence-corrected chi connectivity index (χ2v) is 4.71. The number of nitrogens with two attached hydrogens (primary N) is 1. The number of benzene rings is 2. The Morgan fingerprint density at radius 1 is 1.21 bits per heavy atom. The summed E-state index contributed by atoms with van der Waals surface area (Å²) in [5.41, 5.74) is 8.52. The first-order valence-corrected chi connectivity index (χ1v) is 6.22. The number of hydrogen-bond donors (Lipinski definition) is 1. The highest BCUT2D eigenvalue weighted by atomic mass is 35.5. The van der Waals surface area contributed by atoms with Crippen LogP contribution in [-0.4, -0.2) is 5.97 Å². The van der Waals surface area contributed by atoms with E-state index in [1.807, 2.05) is 31.2 Å². The molecular formula is C15H14ClNO2. The van der Waals surface area contributed by atoms with Gasteiger partial charge in [0.05, 0.1) is 16.3 Å². The summed E-state index contributed by atoms with van der Waals surface area (Å²) in [5.74, 6) is -0.413. The molecule has 98 valence electrons. The van der Waals surface area contributed by atoms with Crippen molar-refractivity contribution in [2.75, 3.05) is 5.73 Å². The quantitative estimate of drug-likeness (QED) is 0.688. The fraction of sp³-hybridized carbons (Fsp3) is 0.133. The van der Waals surface area contributed by atoms with Crippen LogP contribution >= 0.6 is 11.6 Å². The molecule has 0 bridgehead atoms. The number of anilines is 1. The van der Waals surface area contributed by atoms with Gasteiger partial charge in [-0.05, 0) is 30.7 Å². The van der Waals surface area contributed by atoms with Gasteiger partial charge in [0.2, 0.25) is 0 Å². The molecule has 0 spiro atoms. The molecule has 2 aromatic carbocycles. The van der Waals surface area contributed by atoms with Crippen molar-refractivity contribution in [2.24, 2.45) is 0 Å². The van der Waals surface area contributed by atoms with Crippen LogP contribution in [0.15, 0.2) is 42.5 Å². The summed E-state index contributed by atoms with van der Waals surface area (Å²) in [4.78, 5) is 11.8. The number of rotatable bonds is 3. The monoisotopic (exact) mass is 275 g/mol. The summed E-state index contributed by atoms with van der Waals surface area (Å²) < 4.78 is 5.21. The Morgan fingerprint density at radius 3 is 2.53 bits per heavy atom. The third-order valence-corrected chi connectivity index (χ3v) is 3.07. The molecular weight excluding hydrogens is 262 g/mol. The molecule has 0 aliphatic carbocycles. The molecule has 4 heteroatoms. The number of aryl methyl sites for hydroxylation is 1. The predicted molar refractivity (Wildman–Crippen MR) is 76.2 cm³/mol. The van der Waals surface area contributed by atoms with E-state index >= 15 is 0 Å². The van der Waals surface area contributed by atoms with Gasteiger partial charge in [0.1, 0.15) is 6.61 Å². The van der Waals surface area contributed by atoms with Crippen molar-refractivity contribution < 1.29 is 9.53 Å². The molecule has 19 heavy (non-hydrogen) atoms. The minimum absolute atomic E-state index is 0.238. The van der Waals surface area contributed by atoms with Crippen LogP contribution in [0.2, 0.25) is 5.02 Å². The molecule has 3 nitrogen and oxygen atoms in total. The largest absolute Gasteiger partial charge is 0.457 e. The van der Waals surface area contributed by atoms with E-state index in [1.54, 1.807) is 12.1 Å². The van der Waals surface area contributed by atoms with Crippen molar-refractivity contribution in [3.05, 3.63) is 64.2 Å². The third kappa shape index (κ3) is 3.48. The average molecular weight is 276 g/mol. The van der Waals surface area contributed by atoms with Gasteiger partial charge in [0.25, 0.3) is 0 Å². The number of nitrogen functional groups attached to an aromatic ring is 1. The number of carbonyl (C=O) groups excluding carboxylic acids is 1. The van der Waals surface area contributed by atoms with E-state index in [4.69, 9.17) is 22.1 Å². The maximum atomic E-state index is 11.8. The van der Waals surface area contributed by atoms with Gasteiger partial charge in [0.15, 0.2) is 0 Å². The van der Waals surface area contributed by atoms with Crippen molar-refractivity contribution >= 4 is 23.3 Å². The van der Waals surface area contributed by atoms with Crippen LogP contribution in [0, 0.1) is 6.92 Å². The van der Waals surface area contributed by atoms with Crippen molar-refractivity contribution in [1.29, 1.82) is 0 Å². The smallest absolute Gasteiger partial charge is 0.338 e. The summed E-state index contributed by atoms with van der Waals surface area (Å²) in [6.45, 7) is 2.24. The highest BCUT2D eigenvalue weighted by molar-refractivity contribution is 6.33. The van der Waals surface area contributed by atoms with Crippen molar-refractivity contribution in [1.82, 2.24) is 0 Å². The van der Waals surface area contributed by atoms with E-state index in [0.29, 0.717) is 16.3 Å². The molecule has 0 heterocycles.